The van der Waals surface area contributed by atoms with Crippen molar-refractivity contribution in [3.63, 3.8) is 0 Å². The SMILES string of the molecule is CCCNC(Cc1cccs1)c1cc(C)cc(C)c1. The second-order valence-corrected chi connectivity index (χ2v) is 6.24. The normalized spacial score (nSPS) is 12.6. The van der Waals surface area contributed by atoms with Crippen molar-refractivity contribution in [2.75, 3.05) is 6.54 Å². The molecule has 0 aliphatic heterocycles. The van der Waals surface area contributed by atoms with E-state index in [1.165, 1.54) is 28.0 Å². The van der Waals surface area contributed by atoms with Crippen molar-refractivity contribution in [1.82, 2.24) is 5.32 Å². The van der Waals surface area contributed by atoms with E-state index in [-0.39, 0.29) is 0 Å². The van der Waals surface area contributed by atoms with Crippen LogP contribution < -0.4 is 5.32 Å². The van der Waals surface area contributed by atoms with Gasteiger partial charge in [0.15, 0.2) is 0 Å². The number of benzene rings is 1. The molecule has 102 valence electrons. The fraction of sp³-hybridized carbons (Fsp3) is 0.412. The monoisotopic (exact) mass is 273 g/mol. The van der Waals surface area contributed by atoms with Crippen LogP contribution in [0.1, 0.15) is 41.0 Å². The smallest absolute Gasteiger partial charge is 0.0368 e. The zero-order valence-corrected chi connectivity index (χ0v) is 12.9. The minimum absolute atomic E-state index is 0.428. The fourth-order valence-corrected chi connectivity index (χ4v) is 3.22. The first-order valence-electron chi connectivity index (χ1n) is 7.03. The Morgan fingerprint density at radius 3 is 2.47 bits per heavy atom. The van der Waals surface area contributed by atoms with Crippen molar-refractivity contribution in [2.24, 2.45) is 0 Å². The Labute approximate surface area is 120 Å². The topological polar surface area (TPSA) is 12.0 Å². The van der Waals surface area contributed by atoms with Gasteiger partial charge in [0.1, 0.15) is 0 Å². The van der Waals surface area contributed by atoms with Gasteiger partial charge >= 0.3 is 0 Å². The Balaban J connectivity index is 2.20. The number of hydrogen-bond donors (Lipinski definition) is 1. The van der Waals surface area contributed by atoms with Gasteiger partial charge in [-0.15, -0.1) is 11.3 Å². The van der Waals surface area contributed by atoms with Crippen LogP contribution in [0.2, 0.25) is 0 Å². The predicted molar refractivity (Wildman–Crippen MR) is 85.0 cm³/mol. The van der Waals surface area contributed by atoms with Gasteiger partial charge in [0, 0.05) is 17.3 Å². The average molecular weight is 273 g/mol. The van der Waals surface area contributed by atoms with E-state index in [9.17, 15) is 0 Å². The molecule has 1 N–H and O–H groups in total. The summed E-state index contributed by atoms with van der Waals surface area (Å²) in [6.07, 6.45) is 2.26. The van der Waals surface area contributed by atoms with E-state index in [2.05, 4.69) is 61.8 Å². The van der Waals surface area contributed by atoms with Crippen LogP contribution in [0.5, 0.6) is 0 Å². The molecule has 1 aromatic heterocycles. The van der Waals surface area contributed by atoms with Crippen molar-refractivity contribution in [1.29, 1.82) is 0 Å². The summed E-state index contributed by atoms with van der Waals surface area (Å²) in [6, 6.07) is 11.7. The van der Waals surface area contributed by atoms with Crippen molar-refractivity contribution in [3.05, 3.63) is 57.3 Å². The van der Waals surface area contributed by atoms with E-state index < -0.39 is 0 Å². The highest BCUT2D eigenvalue weighted by Crippen LogP contribution is 2.23. The first-order chi connectivity index (χ1) is 9.19. The summed E-state index contributed by atoms with van der Waals surface area (Å²) in [7, 11) is 0. The van der Waals surface area contributed by atoms with E-state index >= 15 is 0 Å². The lowest BCUT2D eigenvalue weighted by atomic mass is 9.98. The van der Waals surface area contributed by atoms with Gasteiger partial charge in [0.05, 0.1) is 0 Å². The Bertz CT molecular complexity index is 482. The fourth-order valence-electron chi connectivity index (χ4n) is 2.47. The van der Waals surface area contributed by atoms with Crippen LogP contribution in [-0.2, 0) is 6.42 Å². The van der Waals surface area contributed by atoms with Crippen molar-refractivity contribution < 1.29 is 0 Å². The molecule has 1 atom stereocenters. The Morgan fingerprint density at radius 1 is 1.16 bits per heavy atom. The third-order valence-corrected chi connectivity index (χ3v) is 4.17. The molecule has 1 aromatic carbocycles. The number of hydrogen-bond acceptors (Lipinski definition) is 2. The maximum Gasteiger partial charge on any atom is 0.0368 e. The van der Waals surface area contributed by atoms with Crippen molar-refractivity contribution in [2.45, 2.75) is 39.7 Å². The number of rotatable bonds is 6. The summed E-state index contributed by atoms with van der Waals surface area (Å²) in [5.74, 6) is 0. The van der Waals surface area contributed by atoms with Crippen LogP contribution in [0.3, 0.4) is 0 Å². The van der Waals surface area contributed by atoms with Crippen molar-refractivity contribution >= 4 is 11.3 Å². The van der Waals surface area contributed by atoms with E-state index in [1.54, 1.807) is 0 Å². The van der Waals surface area contributed by atoms with E-state index in [0.29, 0.717) is 6.04 Å². The molecule has 0 radical (unpaired) electrons. The molecule has 2 rings (SSSR count). The van der Waals surface area contributed by atoms with Gasteiger partial charge in [0.25, 0.3) is 0 Å². The molecule has 2 heteroatoms. The molecule has 0 saturated heterocycles. The van der Waals surface area contributed by atoms with E-state index in [4.69, 9.17) is 0 Å². The van der Waals surface area contributed by atoms with Gasteiger partial charge in [-0.3, -0.25) is 0 Å². The van der Waals surface area contributed by atoms with Crippen LogP contribution in [0, 0.1) is 13.8 Å². The number of aryl methyl sites for hydroxylation is 2. The number of thiophene rings is 1. The average Bonchev–Trinajstić information content (AvgIpc) is 2.86. The molecule has 19 heavy (non-hydrogen) atoms. The maximum atomic E-state index is 3.69. The quantitative estimate of drug-likeness (QED) is 0.808. The highest BCUT2D eigenvalue weighted by atomic mass is 32.1. The van der Waals surface area contributed by atoms with Crippen LogP contribution >= 0.6 is 11.3 Å². The van der Waals surface area contributed by atoms with Crippen LogP contribution in [0.4, 0.5) is 0 Å². The molecule has 0 fully saturated rings. The van der Waals surface area contributed by atoms with E-state index in [0.717, 1.165) is 13.0 Å². The van der Waals surface area contributed by atoms with Crippen molar-refractivity contribution in [3.8, 4) is 0 Å². The largest absolute Gasteiger partial charge is 0.310 e. The minimum atomic E-state index is 0.428. The summed E-state index contributed by atoms with van der Waals surface area (Å²) >= 11 is 1.85. The van der Waals surface area contributed by atoms with E-state index in [1.807, 2.05) is 11.3 Å². The second-order valence-electron chi connectivity index (χ2n) is 5.21. The van der Waals surface area contributed by atoms with Crippen LogP contribution in [0.15, 0.2) is 35.7 Å². The molecule has 0 amide bonds. The highest BCUT2D eigenvalue weighted by Gasteiger charge is 2.12. The van der Waals surface area contributed by atoms with Gasteiger partial charge in [0.2, 0.25) is 0 Å². The Kier molecular flexibility index (Phi) is 5.17. The van der Waals surface area contributed by atoms with Gasteiger partial charge in [-0.25, -0.2) is 0 Å². The molecular formula is C17H23NS. The first kappa shape index (κ1) is 14.3. The molecule has 0 bridgehead atoms. The molecule has 0 aliphatic carbocycles. The highest BCUT2D eigenvalue weighted by molar-refractivity contribution is 7.09. The third kappa shape index (κ3) is 4.19. The molecule has 0 saturated carbocycles. The summed E-state index contributed by atoms with van der Waals surface area (Å²) in [5.41, 5.74) is 4.12. The zero-order valence-electron chi connectivity index (χ0n) is 12.1. The second kappa shape index (κ2) is 6.88. The molecule has 1 heterocycles. The Hall–Kier alpha value is -1.12. The predicted octanol–water partition coefficient (Wildman–Crippen LogP) is 4.65. The lowest BCUT2D eigenvalue weighted by Crippen LogP contribution is -2.24. The lowest BCUT2D eigenvalue weighted by molar-refractivity contribution is 0.532. The molecule has 1 nitrogen and oxygen atoms in total. The summed E-state index contributed by atoms with van der Waals surface area (Å²) in [4.78, 5) is 1.45. The first-order valence-corrected chi connectivity index (χ1v) is 7.91. The molecular weight excluding hydrogens is 250 g/mol. The minimum Gasteiger partial charge on any atom is -0.310 e. The number of nitrogens with one attached hydrogen (secondary N) is 1. The van der Waals surface area contributed by atoms with Crippen LogP contribution in [-0.4, -0.2) is 6.54 Å². The molecule has 1 unspecified atom stereocenters. The zero-order chi connectivity index (χ0) is 13.7. The molecule has 0 spiro atoms. The summed E-state index contributed by atoms with van der Waals surface area (Å²) in [5, 5.41) is 5.85. The summed E-state index contributed by atoms with van der Waals surface area (Å²) < 4.78 is 0. The maximum absolute atomic E-state index is 3.69. The Morgan fingerprint density at radius 2 is 1.89 bits per heavy atom. The molecule has 2 aromatic rings. The van der Waals surface area contributed by atoms with Gasteiger partial charge in [-0.05, 0) is 43.8 Å². The van der Waals surface area contributed by atoms with Crippen LogP contribution in [0.25, 0.3) is 0 Å². The molecule has 0 aliphatic rings. The van der Waals surface area contributed by atoms with Gasteiger partial charge in [-0.1, -0.05) is 42.3 Å². The van der Waals surface area contributed by atoms with Gasteiger partial charge in [-0.2, -0.15) is 0 Å². The van der Waals surface area contributed by atoms with Gasteiger partial charge < -0.3 is 5.32 Å². The lowest BCUT2D eigenvalue weighted by Gasteiger charge is -2.19. The summed E-state index contributed by atoms with van der Waals surface area (Å²) in [6.45, 7) is 7.65. The standard InChI is InChI=1S/C17H23NS/c1-4-7-18-17(12-16-6-5-8-19-16)15-10-13(2)9-14(3)11-15/h5-6,8-11,17-18H,4,7,12H2,1-3H3. The third-order valence-electron chi connectivity index (χ3n) is 3.27.